The second kappa shape index (κ2) is 9.20. The number of aromatic carboxylic acids is 1. The molecular weight excluding hydrogens is 472 g/mol. The van der Waals surface area contributed by atoms with Gasteiger partial charge in [0.1, 0.15) is 0 Å². The third-order valence-corrected chi connectivity index (χ3v) is 5.71. The van der Waals surface area contributed by atoms with Crippen molar-refractivity contribution in [2.75, 3.05) is 0 Å². The van der Waals surface area contributed by atoms with Gasteiger partial charge in [0.05, 0.1) is 5.56 Å². The lowest BCUT2D eigenvalue weighted by atomic mass is 10.0. The Labute approximate surface area is 192 Å². The molecule has 0 saturated carbocycles. The van der Waals surface area contributed by atoms with Gasteiger partial charge in [-0.15, -0.1) is 0 Å². The lowest BCUT2D eigenvalue weighted by Gasteiger charge is -2.08. The number of fused-ring (bicyclic) bond motifs is 1. The number of halogens is 1. The van der Waals surface area contributed by atoms with Gasteiger partial charge < -0.3 is 15.4 Å². The number of hydrogen-bond acceptors (Lipinski definition) is 3. The highest BCUT2D eigenvalue weighted by Gasteiger charge is 2.11. The molecule has 6 nitrogen and oxygen atoms in total. The number of carbonyl (C=O) groups excluding carboxylic acids is 1. The number of aromatic nitrogens is 1. The third-order valence-electron chi connectivity index (χ3n) is 5.18. The average Bonchev–Trinajstić information content (AvgIpc) is 2.80. The number of nitrogens with one attached hydrogen (secondary N) is 2. The van der Waals surface area contributed by atoms with E-state index in [9.17, 15) is 14.4 Å². The first kappa shape index (κ1) is 21.5. The first-order chi connectivity index (χ1) is 15.4. The molecule has 0 bridgehead atoms. The smallest absolute Gasteiger partial charge is 0.335 e. The maximum absolute atomic E-state index is 13.0. The summed E-state index contributed by atoms with van der Waals surface area (Å²) in [5.74, 6) is -1.25. The van der Waals surface area contributed by atoms with Crippen LogP contribution in [0, 0.1) is 0 Å². The van der Waals surface area contributed by atoms with Crippen molar-refractivity contribution < 1.29 is 14.7 Å². The predicted molar refractivity (Wildman–Crippen MR) is 126 cm³/mol. The fourth-order valence-corrected chi connectivity index (χ4v) is 3.67. The zero-order chi connectivity index (χ0) is 22.7. The van der Waals surface area contributed by atoms with E-state index in [0.717, 1.165) is 15.6 Å². The van der Waals surface area contributed by atoms with Gasteiger partial charge in [0, 0.05) is 45.7 Å². The monoisotopic (exact) mass is 490 g/mol. The fourth-order valence-electron chi connectivity index (χ4n) is 3.41. The van der Waals surface area contributed by atoms with E-state index in [1.54, 1.807) is 36.5 Å². The average molecular weight is 491 g/mol. The van der Waals surface area contributed by atoms with Crippen LogP contribution in [-0.2, 0) is 13.0 Å². The van der Waals surface area contributed by atoms with Crippen molar-refractivity contribution in [3.63, 3.8) is 0 Å². The highest BCUT2D eigenvalue weighted by molar-refractivity contribution is 9.10. The van der Waals surface area contributed by atoms with E-state index < -0.39 is 5.97 Å². The summed E-state index contributed by atoms with van der Waals surface area (Å²) < 4.78 is 0.968. The van der Waals surface area contributed by atoms with Gasteiger partial charge in [-0.05, 0) is 53.6 Å². The molecule has 0 unspecified atom stereocenters. The van der Waals surface area contributed by atoms with Crippen LogP contribution in [0.5, 0.6) is 0 Å². The standard InChI is InChI=1S/C25H19BrN2O4/c26-20-8-3-16(4-9-20)13-28-24(30)18-7-10-22-21(12-18)23(29)19(14-27-22)11-15-1-5-17(6-2-15)25(31)32/h1-10,12,14H,11,13H2,(H,27,29)(H,28,30)(H,31,32). The van der Waals surface area contributed by atoms with Crippen molar-refractivity contribution >= 4 is 38.7 Å². The van der Waals surface area contributed by atoms with Crippen LogP contribution in [0.25, 0.3) is 10.9 Å². The van der Waals surface area contributed by atoms with Crippen LogP contribution in [-0.4, -0.2) is 22.0 Å². The quantitative estimate of drug-likeness (QED) is 0.370. The molecule has 1 aromatic heterocycles. The highest BCUT2D eigenvalue weighted by Crippen LogP contribution is 2.15. The molecule has 7 heteroatoms. The zero-order valence-electron chi connectivity index (χ0n) is 16.9. The van der Waals surface area contributed by atoms with Crippen molar-refractivity contribution in [2.24, 2.45) is 0 Å². The van der Waals surface area contributed by atoms with Gasteiger partial charge in [-0.25, -0.2) is 4.79 Å². The van der Waals surface area contributed by atoms with Crippen molar-refractivity contribution in [3.8, 4) is 0 Å². The summed E-state index contributed by atoms with van der Waals surface area (Å²) in [4.78, 5) is 39.8. The number of hydrogen-bond donors (Lipinski definition) is 3. The van der Waals surface area contributed by atoms with Gasteiger partial charge in [0.15, 0.2) is 5.43 Å². The molecule has 0 spiro atoms. The number of amides is 1. The van der Waals surface area contributed by atoms with E-state index in [1.807, 2.05) is 24.3 Å². The molecule has 3 N–H and O–H groups in total. The summed E-state index contributed by atoms with van der Waals surface area (Å²) in [6, 6.07) is 19.1. The normalized spacial score (nSPS) is 10.8. The number of carboxylic acid groups (broad SMARTS) is 1. The first-order valence-corrected chi connectivity index (χ1v) is 10.7. The van der Waals surface area contributed by atoms with Gasteiger partial charge in [0.25, 0.3) is 5.91 Å². The van der Waals surface area contributed by atoms with Crippen molar-refractivity contribution in [1.29, 1.82) is 0 Å². The van der Waals surface area contributed by atoms with Crippen LogP contribution >= 0.6 is 15.9 Å². The Balaban J connectivity index is 1.55. The third kappa shape index (κ3) is 4.78. The number of pyridine rings is 1. The molecule has 0 atom stereocenters. The van der Waals surface area contributed by atoms with E-state index in [0.29, 0.717) is 35.0 Å². The maximum atomic E-state index is 13.0. The van der Waals surface area contributed by atoms with E-state index >= 15 is 0 Å². The molecule has 0 aliphatic heterocycles. The van der Waals surface area contributed by atoms with Gasteiger partial charge in [-0.1, -0.05) is 40.2 Å². The van der Waals surface area contributed by atoms with Gasteiger partial charge in [0.2, 0.25) is 0 Å². The summed E-state index contributed by atoms with van der Waals surface area (Å²) in [5.41, 5.74) is 3.41. The molecule has 0 aliphatic rings. The summed E-state index contributed by atoms with van der Waals surface area (Å²) in [7, 11) is 0. The topological polar surface area (TPSA) is 99.3 Å². The minimum atomic E-state index is -0.994. The number of H-pyrrole nitrogens is 1. The SMILES string of the molecule is O=C(O)c1ccc(Cc2c[nH]c3ccc(C(=O)NCc4ccc(Br)cc4)cc3c2=O)cc1. The molecule has 4 rings (SSSR count). The first-order valence-electron chi connectivity index (χ1n) is 9.90. The number of carboxylic acids is 1. The Morgan fingerprint density at radius 3 is 2.25 bits per heavy atom. The van der Waals surface area contributed by atoms with E-state index in [-0.39, 0.29) is 16.9 Å². The molecule has 0 saturated heterocycles. The van der Waals surface area contributed by atoms with Crippen molar-refractivity contribution in [3.05, 3.63) is 115 Å². The lowest BCUT2D eigenvalue weighted by Crippen LogP contribution is -2.23. The van der Waals surface area contributed by atoms with Crippen LogP contribution in [0.4, 0.5) is 0 Å². The number of carbonyl (C=O) groups is 2. The van der Waals surface area contributed by atoms with Crippen LogP contribution in [0.3, 0.4) is 0 Å². The van der Waals surface area contributed by atoms with Gasteiger partial charge in [-0.3, -0.25) is 9.59 Å². The summed E-state index contributed by atoms with van der Waals surface area (Å²) in [6.07, 6.45) is 2.01. The molecule has 0 fully saturated rings. The van der Waals surface area contributed by atoms with Crippen LogP contribution in [0.15, 0.2) is 82.2 Å². The molecular formula is C25H19BrN2O4. The second-order valence-electron chi connectivity index (χ2n) is 7.39. The Morgan fingerprint density at radius 2 is 1.56 bits per heavy atom. The number of benzene rings is 3. The summed E-state index contributed by atoms with van der Waals surface area (Å²) >= 11 is 3.38. The lowest BCUT2D eigenvalue weighted by molar-refractivity contribution is 0.0696. The minimum absolute atomic E-state index is 0.163. The second-order valence-corrected chi connectivity index (χ2v) is 8.31. The van der Waals surface area contributed by atoms with E-state index in [4.69, 9.17) is 5.11 Å². The van der Waals surface area contributed by atoms with Crippen LogP contribution in [0.1, 0.15) is 37.4 Å². The fraction of sp³-hybridized carbons (Fsp3) is 0.0800. The maximum Gasteiger partial charge on any atom is 0.335 e. The molecule has 1 heterocycles. The predicted octanol–water partition coefficient (Wildman–Crippen LogP) is 4.51. The highest BCUT2D eigenvalue weighted by atomic mass is 79.9. The van der Waals surface area contributed by atoms with Crippen LogP contribution in [0.2, 0.25) is 0 Å². The Morgan fingerprint density at radius 1 is 0.906 bits per heavy atom. The van der Waals surface area contributed by atoms with Gasteiger partial charge >= 0.3 is 5.97 Å². The van der Waals surface area contributed by atoms with Crippen LogP contribution < -0.4 is 10.7 Å². The Kier molecular flexibility index (Phi) is 6.18. The Hall–Kier alpha value is -3.71. The molecule has 160 valence electrons. The summed E-state index contributed by atoms with van der Waals surface area (Å²) in [5, 5.41) is 12.3. The van der Waals surface area contributed by atoms with Gasteiger partial charge in [-0.2, -0.15) is 0 Å². The van der Waals surface area contributed by atoms with Crippen molar-refractivity contribution in [1.82, 2.24) is 10.3 Å². The number of rotatable bonds is 6. The molecule has 1 amide bonds. The molecule has 0 aliphatic carbocycles. The zero-order valence-corrected chi connectivity index (χ0v) is 18.5. The van der Waals surface area contributed by atoms with E-state index in [2.05, 4.69) is 26.2 Å². The Bertz CT molecular complexity index is 1360. The summed E-state index contributed by atoms with van der Waals surface area (Å²) in [6.45, 7) is 0.382. The number of aromatic amines is 1. The largest absolute Gasteiger partial charge is 0.478 e. The van der Waals surface area contributed by atoms with E-state index in [1.165, 1.54) is 12.1 Å². The minimum Gasteiger partial charge on any atom is -0.478 e. The van der Waals surface area contributed by atoms with Crippen molar-refractivity contribution in [2.45, 2.75) is 13.0 Å². The molecule has 0 radical (unpaired) electrons. The molecule has 32 heavy (non-hydrogen) atoms. The molecule has 4 aromatic rings. The molecule has 3 aromatic carbocycles.